The number of hydrogen-bond acceptors (Lipinski definition) is 1. The van der Waals surface area contributed by atoms with Crippen LogP contribution in [0.4, 0.5) is 0 Å². The average molecular weight is 154 g/mol. The third kappa shape index (κ3) is 9.15. The summed E-state index contributed by atoms with van der Waals surface area (Å²) in [5.41, 5.74) is 0.764. The molecule has 0 aliphatic carbocycles. The quantitative estimate of drug-likeness (QED) is 0.347. The summed E-state index contributed by atoms with van der Waals surface area (Å²) in [4.78, 5) is 10.2. The smallest absolute Gasteiger partial charge is 0.149 e. The summed E-state index contributed by atoms with van der Waals surface area (Å²) in [7, 11) is 0. The summed E-state index contributed by atoms with van der Waals surface area (Å²) in [6.07, 6.45) is 7.33. The lowest BCUT2D eigenvalue weighted by molar-refractivity contribution is -0.104. The fraction of sp³-hybridized carbons (Fsp3) is 0.500. The molecule has 0 aliphatic rings. The monoisotopic (exact) mass is 154 g/mol. The van der Waals surface area contributed by atoms with E-state index in [1.807, 2.05) is 39.8 Å². The fourth-order valence-electron chi connectivity index (χ4n) is 0.584. The Hall–Kier alpha value is -0.850. The molecular weight excluding hydrogens is 136 g/mol. The first-order chi connectivity index (χ1) is 5.35. The molecule has 0 unspecified atom stereocenters. The molecule has 0 aliphatic heterocycles. The van der Waals surface area contributed by atoms with Crippen LogP contribution in [0.1, 0.15) is 34.1 Å². The van der Waals surface area contributed by atoms with E-state index >= 15 is 0 Å². The van der Waals surface area contributed by atoms with Crippen molar-refractivity contribution < 1.29 is 4.79 Å². The zero-order chi connectivity index (χ0) is 9.11. The van der Waals surface area contributed by atoms with Gasteiger partial charge in [-0.15, -0.1) is 0 Å². The minimum atomic E-state index is 0.764. The highest BCUT2D eigenvalue weighted by Gasteiger charge is 1.82. The molecule has 0 N–H and O–H groups in total. The molecule has 0 bridgehead atoms. The van der Waals surface area contributed by atoms with E-state index in [2.05, 4.69) is 0 Å². The molecule has 0 rings (SSSR count). The molecule has 0 amide bonds. The zero-order valence-corrected chi connectivity index (χ0v) is 7.92. The molecule has 0 saturated heterocycles. The molecule has 0 saturated carbocycles. The molecule has 64 valence electrons. The summed E-state index contributed by atoms with van der Waals surface area (Å²) in [6, 6.07) is 0. The highest BCUT2D eigenvalue weighted by Crippen LogP contribution is 1.93. The standard InChI is InChI=1S/C8H12O.C2H6/c1-3-5-8(7-9)6-4-2;1-2/h3,5-7H,4H2,1-2H3;1-2H3/b5-3-,8-6+;. The lowest BCUT2D eigenvalue weighted by atomic mass is 10.2. The number of aldehydes is 1. The van der Waals surface area contributed by atoms with Gasteiger partial charge < -0.3 is 0 Å². The minimum Gasteiger partial charge on any atom is -0.298 e. The van der Waals surface area contributed by atoms with E-state index in [4.69, 9.17) is 0 Å². The number of allylic oxidation sites excluding steroid dienone is 4. The van der Waals surface area contributed by atoms with Crippen molar-refractivity contribution in [1.29, 1.82) is 0 Å². The molecule has 0 aromatic carbocycles. The summed E-state index contributed by atoms with van der Waals surface area (Å²) >= 11 is 0. The molecule has 11 heavy (non-hydrogen) atoms. The third-order valence-corrected chi connectivity index (χ3v) is 0.935. The third-order valence-electron chi connectivity index (χ3n) is 0.935. The van der Waals surface area contributed by atoms with Crippen molar-refractivity contribution in [3.05, 3.63) is 23.8 Å². The molecule has 0 aromatic rings. The van der Waals surface area contributed by atoms with Crippen LogP contribution in [0, 0.1) is 0 Å². The second-order valence-electron chi connectivity index (χ2n) is 1.73. The van der Waals surface area contributed by atoms with Crippen LogP contribution in [0.25, 0.3) is 0 Å². The van der Waals surface area contributed by atoms with E-state index in [9.17, 15) is 4.79 Å². The highest BCUT2D eigenvalue weighted by molar-refractivity contribution is 5.77. The average Bonchev–Trinajstić information content (AvgIpc) is 2.08. The topological polar surface area (TPSA) is 17.1 Å². The number of carbonyl (C=O) groups excluding carboxylic acids is 1. The minimum absolute atomic E-state index is 0.764. The number of carbonyl (C=O) groups is 1. The van der Waals surface area contributed by atoms with Crippen LogP contribution in [0.15, 0.2) is 23.8 Å². The Kier molecular flexibility index (Phi) is 13.8. The number of rotatable bonds is 3. The van der Waals surface area contributed by atoms with Gasteiger partial charge in [-0.3, -0.25) is 4.79 Å². The Morgan fingerprint density at radius 3 is 2.18 bits per heavy atom. The highest BCUT2D eigenvalue weighted by atomic mass is 16.1. The van der Waals surface area contributed by atoms with Crippen molar-refractivity contribution in [2.45, 2.75) is 34.1 Å². The van der Waals surface area contributed by atoms with Gasteiger partial charge in [-0.2, -0.15) is 0 Å². The lowest BCUT2D eigenvalue weighted by Crippen LogP contribution is -1.76. The van der Waals surface area contributed by atoms with Gasteiger partial charge in [0.25, 0.3) is 0 Å². The molecule has 0 fully saturated rings. The Balaban J connectivity index is 0. The van der Waals surface area contributed by atoms with Crippen LogP contribution < -0.4 is 0 Å². The van der Waals surface area contributed by atoms with Gasteiger partial charge in [-0.1, -0.05) is 39.0 Å². The van der Waals surface area contributed by atoms with Crippen molar-refractivity contribution in [2.75, 3.05) is 0 Å². The van der Waals surface area contributed by atoms with E-state index in [0.717, 1.165) is 18.3 Å². The molecule has 0 radical (unpaired) electrons. The van der Waals surface area contributed by atoms with Crippen LogP contribution in [0.2, 0.25) is 0 Å². The van der Waals surface area contributed by atoms with Gasteiger partial charge in [0.1, 0.15) is 6.29 Å². The van der Waals surface area contributed by atoms with E-state index in [1.54, 1.807) is 6.08 Å². The molecular formula is C10H18O. The van der Waals surface area contributed by atoms with Crippen LogP contribution in [-0.2, 0) is 4.79 Å². The molecule has 0 aromatic heterocycles. The van der Waals surface area contributed by atoms with Crippen molar-refractivity contribution in [2.24, 2.45) is 0 Å². The largest absolute Gasteiger partial charge is 0.298 e. The van der Waals surface area contributed by atoms with Crippen molar-refractivity contribution in [3.63, 3.8) is 0 Å². The normalized spacial score (nSPS) is 10.7. The summed E-state index contributed by atoms with van der Waals surface area (Å²) < 4.78 is 0. The first kappa shape index (κ1) is 12.8. The van der Waals surface area contributed by atoms with Crippen LogP contribution >= 0.6 is 0 Å². The maximum absolute atomic E-state index is 10.2. The van der Waals surface area contributed by atoms with Gasteiger partial charge in [0.2, 0.25) is 0 Å². The number of hydrogen-bond donors (Lipinski definition) is 0. The van der Waals surface area contributed by atoms with Crippen LogP contribution in [-0.4, -0.2) is 6.29 Å². The SMILES string of the molecule is C/C=C\C(C=O)=C/CC.CC. The summed E-state index contributed by atoms with van der Waals surface area (Å²) in [5.74, 6) is 0. The van der Waals surface area contributed by atoms with Gasteiger partial charge in [0.15, 0.2) is 0 Å². The van der Waals surface area contributed by atoms with Gasteiger partial charge >= 0.3 is 0 Å². The maximum atomic E-state index is 10.2. The first-order valence-electron chi connectivity index (χ1n) is 4.13. The van der Waals surface area contributed by atoms with Gasteiger partial charge in [-0.25, -0.2) is 0 Å². The molecule has 1 nitrogen and oxygen atoms in total. The van der Waals surface area contributed by atoms with E-state index < -0.39 is 0 Å². The van der Waals surface area contributed by atoms with Crippen molar-refractivity contribution in [1.82, 2.24) is 0 Å². The molecule has 0 spiro atoms. The second-order valence-corrected chi connectivity index (χ2v) is 1.73. The second kappa shape index (κ2) is 11.9. The zero-order valence-electron chi connectivity index (χ0n) is 7.92. The van der Waals surface area contributed by atoms with E-state index in [1.165, 1.54) is 0 Å². The van der Waals surface area contributed by atoms with Gasteiger partial charge in [0.05, 0.1) is 0 Å². The predicted molar refractivity (Wildman–Crippen MR) is 50.6 cm³/mol. The Bertz CT molecular complexity index is 132. The van der Waals surface area contributed by atoms with Crippen LogP contribution in [0.5, 0.6) is 0 Å². The van der Waals surface area contributed by atoms with Gasteiger partial charge in [0, 0.05) is 5.57 Å². The molecule has 0 heterocycles. The Morgan fingerprint density at radius 1 is 1.36 bits per heavy atom. The maximum Gasteiger partial charge on any atom is 0.149 e. The predicted octanol–water partition coefficient (Wildman–Crippen LogP) is 3.12. The molecule has 0 atom stereocenters. The summed E-state index contributed by atoms with van der Waals surface area (Å²) in [5, 5.41) is 0. The Labute approximate surface area is 69.8 Å². The first-order valence-corrected chi connectivity index (χ1v) is 4.13. The lowest BCUT2D eigenvalue weighted by Gasteiger charge is -1.84. The summed E-state index contributed by atoms with van der Waals surface area (Å²) in [6.45, 7) is 7.90. The van der Waals surface area contributed by atoms with Crippen molar-refractivity contribution in [3.8, 4) is 0 Å². The van der Waals surface area contributed by atoms with Gasteiger partial charge in [-0.05, 0) is 13.3 Å². The molecule has 1 heteroatoms. The fourth-order valence-corrected chi connectivity index (χ4v) is 0.584. The van der Waals surface area contributed by atoms with Crippen LogP contribution in [0.3, 0.4) is 0 Å². The van der Waals surface area contributed by atoms with E-state index in [0.29, 0.717) is 0 Å². The van der Waals surface area contributed by atoms with Crippen molar-refractivity contribution >= 4 is 6.29 Å². The Morgan fingerprint density at radius 2 is 1.91 bits per heavy atom. The van der Waals surface area contributed by atoms with E-state index in [-0.39, 0.29) is 0 Å².